The first kappa shape index (κ1) is 17.8. The zero-order valence-electron chi connectivity index (χ0n) is 14.2. The van der Waals surface area contributed by atoms with Crippen molar-refractivity contribution in [2.24, 2.45) is 0 Å². The van der Waals surface area contributed by atoms with Gasteiger partial charge < -0.3 is 15.0 Å². The van der Waals surface area contributed by atoms with E-state index in [1.807, 2.05) is 24.3 Å². The number of carbonyl (C=O) groups is 1. The van der Waals surface area contributed by atoms with Gasteiger partial charge in [-0.15, -0.1) is 10.2 Å². The lowest BCUT2D eigenvalue weighted by Gasteiger charge is -2.27. The summed E-state index contributed by atoms with van der Waals surface area (Å²) >= 11 is 4.85. The first-order chi connectivity index (χ1) is 12.7. The molecule has 0 atom stereocenters. The molecule has 4 rings (SSSR count). The fourth-order valence-electron chi connectivity index (χ4n) is 2.89. The highest BCUT2D eigenvalue weighted by molar-refractivity contribution is 9.10. The molecule has 2 aromatic rings. The number of hydrogen-bond donors (Lipinski definition) is 1. The van der Waals surface area contributed by atoms with Crippen LogP contribution >= 0.6 is 27.7 Å². The Morgan fingerprint density at radius 2 is 2.12 bits per heavy atom. The Labute approximate surface area is 164 Å². The van der Waals surface area contributed by atoms with Crippen LogP contribution in [0.3, 0.4) is 0 Å². The third-order valence-electron chi connectivity index (χ3n) is 4.29. The normalized spacial score (nSPS) is 17.3. The van der Waals surface area contributed by atoms with Gasteiger partial charge in [-0.25, -0.2) is 0 Å². The summed E-state index contributed by atoms with van der Waals surface area (Å²) < 4.78 is 8.56. The highest BCUT2D eigenvalue weighted by Gasteiger charge is 2.32. The van der Waals surface area contributed by atoms with Crippen molar-refractivity contribution < 1.29 is 9.53 Å². The Morgan fingerprint density at radius 1 is 1.31 bits per heavy atom. The molecular formula is C17H20BrN5O2S. The number of morpholine rings is 1. The van der Waals surface area contributed by atoms with Crippen molar-refractivity contribution in [3.63, 3.8) is 0 Å². The number of thioether (sulfide) groups is 1. The predicted octanol–water partition coefficient (Wildman–Crippen LogP) is 2.94. The lowest BCUT2D eigenvalue weighted by Crippen LogP contribution is -2.38. The van der Waals surface area contributed by atoms with E-state index in [-0.39, 0.29) is 5.91 Å². The van der Waals surface area contributed by atoms with Gasteiger partial charge in [0.15, 0.2) is 5.16 Å². The quantitative estimate of drug-likeness (QED) is 0.700. The van der Waals surface area contributed by atoms with Gasteiger partial charge in [-0.1, -0.05) is 33.8 Å². The second-order valence-corrected chi connectivity index (χ2v) is 8.19. The molecule has 1 aliphatic carbocycles. The Kier molecular flexibility index (Phi) is 5.46. The SMILES string of the molecule is O=C(CSc1nnc(N2CCOCC2)n1C1CC1)Nc1cccc(Br)c1. The zero-order chi connectivity index (χ0) is 17.9. The van der Waals surface area contributed by atoms with Crippen molar-refractivity contribution in [3.05, 3.63) is 28.7 Å². The van der Waals surface area contributed by atoms with Gasteiger partial charge in [-0.05, 0) is 31.0 Å². The van der Waals surface area contributed by atoms with Crippen molar-refractivity contribution >= 4 is 45.2 Å². The van der Waals surface area contributed by atoms with Crippen LogP contribution in [0.15, 0.2) is 33.9 Å². The van der Waals surface area contributed by atoms with Crippen LogP contribution in [0.1, 0.15) is 18.9 Å². The monoisotopic (exact) mass is 437 g/mol. The minimum absolute atomic E-state index is 0.0497. The number of carbonyl (C=O) groups excluding carboxylic acids is 1. The number of anilines is 2. The number of halogens is 1. The lowest BCUT2D eigenvalue weighted by molar-refractivity contribution is -0.113. The molecule has 1 aromatic carbocycles. The molecule has 2 heterocycles. The number of nitrogens with zero attached hydrogens (tertiary/aromatic N) is 4. The van der Waals surface area contributed by atoms with E-state index in [2.05, 4.69) is 40.9 Å². The number of benzene rings is 1. The third-order valence-corrected chi connectivity index (χ3v) is 5.73. The van der Waals surface area contributed by atoms with Gasteiger partial charge in [0.1, 0.15) is 0 Å². The molecular weight excluding hydrogens is 418 g/mol. The third kappa shape index (κ3) is 4.21. The maximum Gasteiger partial charge on any atom is 0.234 e. The van der Waals surface area contributed by atoms with Crippen molar-refractivity contribution in [2.75, 3.05) is 42.3 Å². The smallest absolute Gasteiger partial charge is 0.234 e. The second-order valence-electron chi connectivity index (χ2n) is 6.33. The first-order valence-corrected chi connectivity index (χ1v) is 10.4. The van der Waals surface area contributed by atoms with Gasteiger partial charge in [0.05, 0.1) is 19.0 Å². The molecule has 2 aliphatic rings. The minimum Gasteiger partial charge on any atom is -0.378 e. The molecule has 9 heteroatoms. The van der Waals surface area contributed by atoms with Crippen LogP contribution < -0.4 is 10.2 Å². The Hall–Kier alpha value is -1.58. The molecule has 1 saturated carbocycles. The van der Waals surface area contributed by atoms with Crippen molar-refractivity contribution in [3.8, 4) is 0 Å². The number of ether oxygens (including phenoxy) is 1. The molecule has 138 valence electrons. The van der Waals surface area contributed by atoms with E-state index in [0.717, 1.165) is 60.4 Å². The molecule has 1 aliphatic heterocycles. The molecule has 1 amide bonds. The molecule has 2 fully saturated rings. The molecule has 0 radical (unpaired) electrons. The van der Waals surface area contributed by atoms with E-state index in [1.165, 1.54) is 11.8 Å². The van der Waals surface area contributed by atoms with Crippen molar-refractivity contribution in [1.29, 1.82) is 0 Å². The summed E-state index contributed by atoms with van der Waals surface area (Å²) in [5.41, 5.74) is 0.780. The van der Waals surface area contributed by atoms with Crippen LogP contribution in [-0.4, -0.2) is 52.7 Å². The zero-order valence-corrected chi connectivity index (χ0v) is 16.6. The topological polar surface area (TPSA) is 72.3 Å². The summed E-state index contributed by atoms with van der Waals surface area (Å²) in [6.45, 7) is 3.10. The van der Waals surface area contributed by atoms with Crippen molar-refractivity contribution in [2.45, 2.75) is 24.0 Å². The van der Waals surface area contributed by atoms with Gasteiger partial charge in [-0.3, -0.25) is 9.36 Å². The molecule has 1 N–H and O–H groups in total. The maximum absolute atomic E-state index is 12.3. The van der Waals surface area contributed by atoms with E-state index in [1.54, 1.807) is 0 Å². The van der Waals surface area contributed by atoms with Crippen LogP contribution in [-0.2, 0) is 9.53 Å². The minimum atomic E-state index is -0.0497. The summed E-state index contributed by atoms with van der Waals surface area (Å²) in [7, 11) is 0. The number of hydrogen-bond acceptors (Lipinski definition) is 6. The Morgan fingerprint density at radius 3 is 2.85 bits per heavy atom. The standard InChI is InChI=1S/C17H20BrN5O2S/c18-12-2-1-3-13(10-12)19-15(24)11-26-17-21-20-16(23(17)14-4-5-14)22-6-8-25-9-7-22/h1-3,10,14H,4-9,11H2,(H,19,24). The summed E-state index contributed by atoms with van der Waals surface area (Å²) in [5, 5.41) is 12.5. The number of amides is 1. The van der Waals surface area contributed by atoms with Crippen LogP contribution in [0.2, 0.25) is 0 Å². The average Bonchev–Trinajstić information content (AvgIpc) is 3.40. The summed E-state index contributed by atoms with van der Waals surface area (Å²) in [5.74, 6) is 1.16. The summed E-state index contributed by atoms with van der Waals surface area (Å²) in [4.78, 5) is 14.5. The van der Waals surface area contributed by atoms with Crippen LogP contribution in [0.25, 0.3) is 0 Å². The van der Waals surface area contributed by atoms with Crippen molar-refractivity contribution in [1.82, 2.24) is 14.8 Å². The molecule has 7 nitrogen and oxygen atoms in total. The largest absolute Gasteiger partial charge is 0.378 e. The van der Waals surface area contributed by atoms with Gasteiger partial charge in [-0.2, -0.15) is 0 Å². The molecule has 26 heavy (non-hydrogen) atoms. The van der Waals surface area contributed by atoms with E-state index < -0.39 is 0 Å². The second kappa shape index (κ2) is 7.98. The molecule has 1 aromatic heterocycles. The average molecular weight is 438 g/mol. The van der Waals surface area contributed by atoms with E-state index in [0.29, 0.717) is 11.8 Å². The van der Waals surface area contributed by atoms with Gasteiger partial charge in [0.25, 0.3) is 0 Å². The van der Waals surface area contributed by atoms with Gasteiger partial charge >= 0.3 is 0 Å². The summed E-state index contributed by atoms with van der Waals surface area (Å²) in [6.07, 6.45) is 2.29. The number of nitrogens with one attached hydrogen (secondary N) is 1. The molecule has 0 bridgehead atoms. The number of aromatic nitrogens is 3. The molecule has 0 unspecified atom stereocenters. The number of rotatable bonds is 6. The predicted molar refractivity (Wildman–Crippen MR) is 105 cm³/mol. The Balaban J connectivity index is 1.41. The highest BCUT2D eigenvalue weighted by Crippen LogP contribution is 2.41. The molecule has 0 spiro atoms. The van der Waals surface area contributed by atoms with Crippen LogP contribution in [0.5, 0.6) is 0 Å². The molecule has 1 saturated heterocycles. The fraction of sp³-hybridized carbons (Fsp3) is 0.471. The highest BCUT2D eigenvalue weighted by atomic mass is 79.9. The maximum atomic E-state index is 12.3. The van der Waals surface area contributed by atoms with Gasteiger partial charge in [0.2, 0.25) is 11.9 Å². The van der Waals surface area contributed by atoms with E-state index >= 15 is 0 Å². The van der Waals surface area contributed by atoms with Crippen LogP contribution in [0.4, 0.5) is 11.6 Å². The Bertz CT molecular complexity index is 789. The first-order valence-electron chi connectivity index (χ1n) is 8.66. The van der Waals surface area contributed by atoms with Gasteiger partial charge in [0, 0.05) is 29.3 Å². The lowest BCUT2D eigenvalue weighted by atomic mass is 10.3. The van der Waals surface area contributed by atoms with Crippen LogP contribution in [0, 0.1) is 0 Å². The summed E-state index contributed by atoms with van der Waals surface area (Å²) in [6, 6.07) is 8.03. The fourth-order valence-corrected chi connectivity index (χ4v) is 4.09. The van der Waals surface area contributed by atoms with E-state index in [9.17, 15) is 4.79 Å². The van der Waals surface area contributed by atoms with E-state index in [4.69, 9.17) is 4.74 Å².